The smallest absolute Gasteiger partial charge is 0.169 e. The van der Waals surface area contributed by atoms with Gasteiger partial charge >= 0.3 is 0 Å². The molecule has 0 spiro atoms. The highest BCUT2D eigenvalue weighted by Crippen LogP contribution is 1.88. The van der Waals surface area contributed by atoms with E-state index in [1.807, 2.05) is 0 Å². The number of nitriles is 2. The van der Waals surface area contributed by atoms with Gasteiger partial charge in [0.2, 0.25) is 0 Å². The summed E-state index contributed by atoms with van der Waals surface area (Å²) in [5.41, 5.74) is 0.00463. The molecule has 4 heteroatoms. The number of hydrogen-bond donors (Lipinski definition) is 0. The van der Waals surface area contributed by atoms with Gasteiger partial charge in [-0.3, -0.25) is 4.79 Å². The van der Waals surface area contributed by atoms with E-state index in [1.54, 1.807) is 19.1 Å². The van der Waals surface area contributed by atoms with E-state index in [2.05, 4.69) is 0 Å². The zero-order valence-electron chi connectivity index (χ0n) is 8.53. The van der Waals surface area contributed by atoms with Gasteiger partial charge in [-0.05, 0) is 13.8 Å². The van der Waals surface area contributed by atoms with Gasteiger partial charge in [0.25, 0.3) is 0 Å². The van der Waals surface area contributed by atoms with Crippen LogP contribution < -0.4 is 0 Å². The number of nitrogens with zero attached hydrogens (tertiary/aromatic N) is 2. The van der Waals surface area contributed by atoms with Gasteiger partial charge in [0.1, 0.15) is 13.9 Å². The molecule has 0 aromatic rings. The summed E-state index contributed by atoms with van der Waals surface area (Å²) in [6.07, 6.45) is 1.44. The third-order valence-electron chi connectivity index (χ3n) is 0.875. The number of carbonyl (C=O) groups is 1. The second kappa shape index (κ2) is 10.2. The molecule has 0 fully saturated rings. The van der Waals surface area contributed by atoms with Crippen LogP contribution in [0.2, 0.25) is 0 Å². The van der Waals surface area contributed by atoms with Crippen molar-refractivity contribution in [2.75, 3.05) is 0 Å². The Morgan fingerprint density at radius 1 is 1.62 bits per heavy atom. The van der Waals surface area contributed by atoms with Gasteiger partial charge in [-0.1, -0.05) is 6.08 Å². The molecule has 0 saturated carbocycles. The summed E-state index contributed by atoms with van der Waals surface area (Å²) in [7, 11) is 4.88. The highest BCUT2D eigenvalue weighted by atomic mass is 16.1. The molecule has 0 aliphatic rings. The van der Waals surface area contributed by atoms with Crippen LogP contribution in [0.25, 0.3) is 0 Å². The summed E-state index contributed by atoms with van der Waals surface area (Å²) in [6, 6.07) is 3.30. The highest BCUT2D eigenvalue weighted by molar-refractivity contribution is 6.21. The van der Waals surface area contributed by atoms with Crippen LogP contribution in [0.15, 0.2) is 23.7 Å². The van der Waals surface area contributed by atoms with Gasteiger partial charge < -0.3 is 0 Å². The first-order chi connectivity index (χ1) is 6.53. The molecule has 0 bridgehead atoms. The molecule has 0 atom stereocenters. The van der Waals surface area contributed by atoms with Crippen LogP contribution in [0.1, 0.15) is 15.2 Å². The first kappa shape index (κ1) is 11.2. The van der Waals surface area contributed by atoms with Crippen LogP contribution in [-0.2, 0) is 4.79 Å². The maximum Gasteiger partial charge on any atom is 0.169 e. The molecule has 0 aliphatic heterocycles. The van der Waals surface area contributed by atoms with E-state index in [9.17, 15) is 4.79 Å². The van der Waals surface area contributed by atoms with Crippen molar-refractivity contribution in [2.24, 2.45) is 0 Å². The summed E-state index contributed by atoms with van der Waals surface area (Å²) in [5, 5.41) is 15.9. The topological polar surface area (TPSA) is 64.7 Å². The normalized spacial score (nSPS) is 11.2. The van der Waals surface area contributed by atoms with Crippen LogP contribution in [0, 0.1) is 22.7 Å². The van der Waals surface area contributed by atoms with Crippen molar-refractivity contribution >= 4 is 13.6 Å². The Labute approximate surface area is 80.8 Å². The largest absolute Gasteiger partial charge is 0.294 e. The van der Waals surface area contributed by atoms with E-state index in [4.69, 9.17) is 19.7 Å². The minimum absolute atomic E-state index is 0.00463. The number of carbonyl (C=O) groups excluding carboxylic acids is 1. The number of rotatable bonds is 1. The van der Waals surface area contributed by atoms with Gasteiger partial charge in [0.05, 0.1) is 13.0 Å². The molecule has 0 saturated heterocycles. The molecule has 0 N–H and O–H groups in total. The Hall–Kier alpha value is -1.81. The zero-order chi connectivity index (χ0) is 11.6. The van der Waals surface area contributed by atoms with Gasteiger partial charge in [-0.2, -0.15) is 10.5 Å². The lowest BCUT2D eigenvalue weighted by Crippen LogP contribution is -1.92. The molecule has 13 heavy (non-hydrogen) atoms. The van der Waals surface area contributed by atoms with Crippen molar-refractivity contribution in [1.82, 2.24) is 0 Å². The van der Waals surface area contributed by atoms with Crippen LogP contribution in [0.3, 0.4) is 0 Å². The standard InChI is InChI=1S/C5H4BNO.C4H5N/c1-4(8)5(2-6)3-7;1-2-3-4-5/h2H,1H3;2-3H,1H3/i;3D. The maximum atomic E-state index is 10.2. The third kappa shape index (κ3) is 10.2. The van der Waals surface area contributed by atoms with Crippen molar-refractivity contribution in [3.05, 3.63) is 23.7 Å². The molecular formula is C9H9BN2O. The average Bonchev–Trinajstić information content (AvgIpc) is 2.19. The van der Waals surface area contributed by atoms with Gasteiger partial charge in [0, 0.05) is 6.05 Å². The number of ketones is 1. The Bertz CT molecular complexity index is 334. The van der Waals surface area contributed by atoms with Gasteiger partial charge in [-0.25, -0.2) is 0 Å². The fraction of sp³-hybridized carbons (Fsp3) is 0.222. The first-order valence-corrected chi connectivity index (χ1v) is 3.39. The molecule has 3 nitrogen and oxygen atoms in total. The third-order valence-corrected chi connectivity index (χ3v) is 0.875. The van der Waals surface area contributed by atoms with E-state index in [0.717, 1.165) is 5.98 Å². The van der Waals surface area contributed by atoms with E-state index in [1.165, 1.54) is 13.0 Å². The lowest BCUT2D eigenvalue weighted by Gasteiger charge is -1.82. The summed E-state index contributed by atoms with van der Waals surface area (Å²) >= 11 is 0. The Morgan fingerprint density at radius 2 is 2.15 bits per heavy atom. The molecule has 0 heterocycles. The van der Waals surface area contributed by atoms with Crippen LogP contribution in [-0.4, -0.2) is 13.6 Å². The van der Waals surface area contributed by atoms with Crippen LogP contribution >= 0.6 is 0 Å². The predicted molar refractivity (Wildman–Crippen MR) is 50.6 cm³/mol. The molecular weight excluding hydrogens is 163 g/mol. The quantitative estimate of drug-likeness (QED) is 0.340. The molecule has 0 aromatic heterocycles. The lowest BCUT2D eigenvalue weighted by molar-refractivity contribution is -0.113. The summed E-state index contributed by atoms with van der Waals surface area (Å²) in [4.78, 5) is 10.2. The summed E-state index contributed by atoms with van der Waals surface area (Å²) < 4.78 is 6.57. The monoisotopic (exact) mass is 173 g/mol. The molecule has 0 amide bonds. The molecule has 0 unspecified atom stereocenters. The van der Waals surface area contributed by atoms with E-state index in [0.29, 0.717) is 0 Å². The summed E-state index contributed by atoms with van der Waals surface area (Å²) in [5.74, 6) is 0.706. The molecule has 0 rings (SSSR count). The van der Waals surface area contributed by atoms with Crippen LogP contribution in [0.4, 0.5) is 0 Å². The number of allylic oxidation sites excluding steroid dienone is 3. The lowest BCUT2D eigenvalue weighted by atomic mass is 10.0. The van der Waals surface area contributed by atoms with Crippen molar-refractivity contribution in [2.45, 2.75) is 13.8 Å². The van der Waals surface area contributed by atoms with Crippen molar-refractivity contribution < 1.29 is 6.17 Å². The van der Waals surface area contributed by atoms with E-state index >= 15 is 0 Å². The van der Waals surface area contributed by atoms with Crippen molar-refractivity contribution in [1.29, 1.82) is 10.5 Å². The number of hydrogen-bond acceptors (Lipinski definition) is 3. The fourth-order valence-electron chi connectivity index (χ4n) is 0.298. The molecule has 0 aromatic carbocycles. The molecule has 0 aliphatic carbocycles. The number of Topliss-reactive ketones (excluding diaryl/α,β-unsaturated/α-hetero) is 1. The second-order valence-corrected chi connectivity index (χ2v) is 1.79. The SMILES string of the molecule is [2H]C(C#N)=CC.[B]C=C(C#N)C(C)=O. The molecule has 2 radical (unpaired) electrons. The Balaban J connectivity index is 0. The minimum Gasteiger partial charge on any atom is -0.294 e. The zero-order valence-corrected chi connectivity index (χ0v) is 7.53. The molecule has 64 valence electrons. The average molecular weight is 173 g/mol. The Kier molecular flexibility index (Phi) is 8.78. The van der Waals surface area contributed by atoms with Crippen LogP contribution in [0.5, 0.6) is 0 Å². The highest BCUT2D eigenvalue weighted by Gasteiger charge is 1.96. The van der Waals surface area contributed by atoms with E-state index < -0.39 is 0 Å². The van der Waals surface area contributed by atoms with E-state index in [-0.39, 0.29) is 17.4 Å². The van der Waals surface area contributed by atoms with Gasteiger partial charge in [-0.15, -0.1) is 5.98 Å². The Morgan fingerprint density at radius 3 is 2.15 bits per heavy atom. The predicted octanol–water partition coefficient (Wildman–Crippen LogP) is 1.24. The van der Waals surface area contributed by atoms with Crippen molar-refractivity contribution in [3.8, 4) is 12.1 Å². The van der Waals surface area contributed by atoms with Crippen molar-refractivity contribution in [3.63, 3.8) is 0 Å². The summed E-state index contributed by atoms with van der Waals surface area (Å²) in [6.45, 7) is 2.95. The maximum absolute atomic E-state index is 10.2. The second-order valence-electron chi connectivity index (χ2n) is 1.79. The fourth-order valence-corrected chi connectivity index (χ4v) is 0.298. The van der Waals surface area contributed by atoms with Gasteiger partial charge in [0.15, 0.2) is 5.78 Å². The first-order valence-electron chi connectivity index (χ1n) is 3.89. The minimum atomic E-state index is -0.296.